The lowest BCUT2D eigenvalue weighted by Gasteiger charge is -2.08. The van der Waals surface area contributed by atoms with Gasteiger partial charge in [-0.25, -0.2) is 4.98 Å². The van der Waals surface area contributed by atoms with E-state index in [0.717, 1.165) is 11.3 Å². The molecule has 0 aliphatic rings. The van der Waals surface area contributed by atoms with Gasteiger partial charge in [0.05, 0.1) is 41.7 Å². The molecule has 154 valence electrons. The number of amides is 2. The van der Waals surface area contributed by atoms with Crippen molar-refractivity contribution in [3.8, 4) is 11.3 Å². The minimum Gasteiger partial charge on any atom is -0.467 e. The largest absolute Gasteiger partial charge is 0.467 e. The zero-order valence-corrected chi connectivity index (χ0v) is 16.7. The Hall–Kier alpha value is -3.88. The van der Waals surface area contributed by atoms with Gasteiger partial charge in [0.1, 0.15) is 17.3 Å². The summed E-state index contributed by atoms with van der Waals surface area (Å²) in [5.74, 6) is 1.27. The number of pyridine rings is 1. The van der Waals surface area contributed by atoms with E-state index in [2.05, 4.69) is 20.8 Å². The van der Waals surface area contributed by atoms with Gasteiger partial charge in [0, 0.05) is 5.56 Å². The van der Waals surface area contributed by atoms with E-state index >= 15 is 0 Å². The quantitative estimate of drug-likeness (QED) is 0.502. The third-order valence-corrected chi connectivity index (χ3v) is 4.63. The van der Waals surface area contributed by atoms with Crippen molar-refractivity contribution >= 4 is 22.9 Å². The lowest BCUT2D eigenvalue weighted by molar-refractivity contribution is -0.120. The summed E-state index contributed by atoms with van der Waals surface area (Å²) >= 11 is 0. The van der Waals surface area contributed by atoms with Gasteiger partial charge in [0.2, 0.25) is 5.91 Å². The number of nitrogens with zero attached hydrogens (tertiary/aromatic N) is 2. The Labute approximate surface area is 171 Å². The number of furan rings is 2. The molecule has 4 aromatic heterocycles. The average molecular weight is 408 g/mol. The van der Waals surface area contributed by atoms with Crippen LogP contribution in [0.2, 0.25) is 0 Å². The van der Waals surface area contributed by atoms with Crippen LogP contribution >= 0.6 is 0 Å². The van der Waals surface area contributed by atoms with Gasteiger partial charge >= 0.3 is 0 Å². The van der Waals surface area contributed by atoms with Crippen molar-refractivity contribution in [2.24, 2.45) is 0 Å². The number of aryl methyl sites for hydroxylation is 3. The highest BCUT2D eigenvalue weighted by Gasteiger charge is 2.21. The van der Waals surface area contributed by atoms with E-state index in [1.54, 1.807) is 25.1 Å². The van der Waals surface area contributed by atoms with E-state index in [1.807, 2.05) is 19.9 Å². The fraction of sp³-hybridized carbons (Fsp3) is 0.238. The molecule has 0 aliphatic carbocycles. The maximum absolute atomic E-state index is 12.9. The molecule has 4 heterocycles. The molecule has 0 radical (unpaired) electrons. The molecule has 4 rings (SSSR count). The smallest absolute Gasteiger partial charge is 0.259 e. The van der Waals surface area contributed by atoms with Gasteiger partial charge < -0.3 is 24.0 Å². The molecule has 0 bridgehead atoms. The van der Waals surface area contributed by atoms with Crippen LogP contribution in [0.1, 0.15) is 33.3 Å². The molecule has 0 spiro atoms. The van der Waals surface area contributed by atoms with Crippen molar-refractivity contribution < 1.29 is 22.9 Å². The second-order valence-corrected chi connectivity index (χ2v) is 6.87. The first-order valence-corrected chi connectivity index (χ1v) is 9.34. The SMILES string of the molecule is Cc1cc(-c2cc(C(=O)NCC(=O)NCc3ccco3)c3c(C)noc3n2)c(C)o1. The molecule has 4 aromatic rings. The Morgan fingerprint density at radius 3 is 2.67 bits per heavy atom. The van der Waals surface area contributed by atoms with Crippen LogP contribution in [-0.2, 0) is 11.3 Å². The van der Waals surface area contributed by atoms with Gasteiger partial charge in [-0.1, -0.05) is 5.16 Å². The molecule has 9 heteroatoms. The summed E-state index contributed by atoms with van der Waals surface area (Å²) in [6.45, 7) is 5.45. The summed E-state index contributed by atoms with van der Waals surface area (Å²) in [4.78, 5) is 29.4. The van der Waals surface area contributed by atoms with Gasteiger partial charge in [-0.2, -0.15) is 0 Å². The maximum atomic E-state index is 12.9. The topological polar surface area (TPSA) is 123 Å². The predicted molar refractivity (Wildman–Crippen MR) is 107 cm³/mol. The Morgan fingerprint density at radius 1 is 1.13 bits per heavy atom. The Balaban J connectivity index is 1.56. The highest BCUT2D eigenvalue weighted by atomic mass is 16.5. The number of hydrogen-bond acceptors (Lipinski definition) is 7. The van der Waals surface area contributed by atoms with Gasteiger partial charge in [0.25, 0.3) is 11.6 Å². The molecule has 0 aromatic carbocycles. The van der Waals surface area contributed by atoms with Gasteiger partial charge in [0.15, 0.2) is 0 Å². The van der Waals surface area contributed by atoms with Crippen LogP contribution in [0.5, 0.6) is 0 Å². The number of aromatic nitrogens is 2. The van der Waals surface area contributed by atoms with E-state index in [1.165, 1.54) is 6.26 Å². The fourth-order valence-corrected chi connectivity index (χ4v) is 3.21. The molecule has 0 unspecified atom stereocenters. The van der Waals surface area contributed by atoms with E-state index in [9.17, 15) is 9.59 Å². The molecule has 0 atom stereocenters. The van der Waals surface area contributed by atoms with Crippen LogP contribution in [0.4, 0.5) is 0 Å². The van der Waals surface area contributed by atoms with Crippen molar-refractivity contribution in [2.45, 2.75) is 27.3 Å². The molecular formula is C21H20N4O5. The number of carbonyl (C=O) groups excluding carboxylic acids is 2. The Bertz CT molecular complexity index is 1220. The van der Waals surface area contributed by atoms with E-state index < -0.39 is 5.91 Å². The highest BCUT2D eigenvalue weighted by molar-refractivity contribution is 6.07. The summed E-state index contributed by atoms with van der Waals surface area (Å²) in [7, 11) is 0. The number of hydrogen-bond donors (Lipinski definition) is 2. The predicted octanol–water partition coefficient (Wildman–Crippen LogP) is 3.05. The first-order chi connectivity index (χ1) is 14.4. The van der Waals surface area contributed by atoms with Crippen molar-refractivity contribution in [3.05, 3.63) is 59.1 Å². The van der Waals surface area contributed by atoms with Crippen LogP contribution in [0.25, 0.3) is 22.4 Å². The van der Waals surface area contributed by atoms with Crippen molar-refractivity contribution in [1.82, 2.24) is 20.8 Å². The molecule has 0 saturated heterocycles. The zero-order valence-electron chi connectivity index (χ0n) is 16.7. The first-order valence-electron chi connectivity index (χ1n) is 9.34. The summed E-state index contributed by atoms with van der Waals surface area (Å²) in [6.07, 6.45) is 1.53. The first kappa shape index (κ1) is 19.4. The Morgan fingerprint density at radius 2 is 1.97 bits per heavy atom. The van der Waals surface area contributed by atoms with Gasteiger partial charge in [-0.05, 0) is 45.0 Å². The Kier molecular flexibility index (Phi) is 5.09. The third-order valence-electron chi connectivity index (χ3n) is 4.63. The lowest BCUT2D eigenvalue weighted by atomic mass is 10.1. The summed E-state index contributed by atoms with van der Waals surface area (Å²) in [5, 5.41) is 9.74. The van der Waals surface area contributed by atoms with Crippen LogP contribution < -0.4 is 10.6 Å². The second-order valence-electron chi connectivity index (χ2n) is 6.87. The number of fused-ring (bicyclic) bond motifs is 1. The van der Waals surface area contributed by atoms with Crippen LogP contribution in [0.3, 0.4) is 0 Å². The standard InChI is InChI=1S/C21H20N4O5/c1-11-7-15(13(3)29-11)17-8-16(19-12(2)25-30-21(19)24-17)20(27)23-10-18(26)22-9-14-5-4-6-28-14/h4-8H,9-10H2,1-3H3,(H,22,26)(H,23,27). The van der Waals surface area contributed by atoms with Crippen molar-refractivity contribution in [2.75, 3.05) is 6.54 Å². The van der Waals surface area contributed by atoms with Crippen molar-refractivity contribution in [3.63, 3.8) is 0 Å². The molecule has 2 N–H and O–H groups in total. The zero-order chi connectivity index (χ0) is 21.3. The molecular weight excluding hydrogens is 388 g/mol. The monoisotopic (exact) mass is 408 g/mol. The number of nitrogens with one attached hydrogen (secondary N) is 2. The summed E-state index contributed by atoms with van der Waals surface area (Å²) in [6, 6.07) is 6.98. The minimum absolute atomic E-state index is 0.188. The fourth-order valence-electron chi connectivity index (χ4n) is 3.21. The summed E-state index contributed by atoms with van der Waals surface area (Å²) < 4.78 is 16.0. The summed E-state index contributed by atoms with van der Waals surface area (Å²) in [5.41, 5.74) is 2.40. The minimum atomic E-state index is -0.430. The number of carbonyl (C=O) groups is 2. The molecule has 0 saturated carbocycles. The number of rotatable bonds is 6. The molecule has 30 heavy (non-hydrogen) atoms. The lowest BCUT2D eigenvalue weighted by Crippen LogP contribution is -2.36. The van der Waals surface area contributed by atoms with Gasteiger partial charge in [-0.15, -0.1) is 0 Å². The average Bonchev–Trinajstić information content (AvgIpc) is 3.45. The second kappa shape index (κ2) is 7.86. The van der Waals surface area contributed by atoms with E-state index in [4.69, 9.17) is 13.4 Å². The molecule has 0 fully saturated rings. The van der Waals surface area contributed by atoms with E-state index in [0.29, 0.717) is 33.9 Å². The van der Waals surface area contributed by atoms with E-state index in [-0.39, 0.29) is 24.7 Å². The van der Waals surface area contributed by atoms with Crippen LogP contribution in [0, 0.1) is 20.8 Å². The normalized spacial score (nSPS) is 11.0. The van der Waals surface area contributed by atoms with Gasteiger partial charge in [-0.3, -0.25) is 9.59 Å². The highest BCUT2D eigenvalue weighted by Crippen LogP contribution is 2.30. The third kappa shape index (κ3) is 3.82. The molecule has 2 amide bonds. The van der Waals surface area contributed by atoms with Crippen LogP contribution in [-0.4, -0.2) is 28.5 Å². The van der Waals surface area contributed by atoms with Crippen molar-refractivity contribution in [1.29, 1.82) is 0 Å². The van der Waals surface area contributed by atoms with Crippen LogP contribution in [0.15, 0.2) is 43.9 Å². The molecule has 9 nitrogen and oxygen atoms in total. The molecule has 0 aliphatic heterocycles. The maximum Gasteiger partial charge on any atom is 0.259 e.